The first kappa shape index (κ1) is 11.7. The highest BCUT2D eigenvalue weighted by Crippen LogP contribution is 2.18. The number of hydrogen-bond donors (Lipinski definition) is 3. The number of non-ortho nitro benzene ring substituents is 1. The van der Waals surface area contributed by atoms with E-state index in [9.17, 15) is 19.7 Å². The molecule has 1 heterocycles. The summed E-state index contributed by atoms with van der Waals surface area (Å²) in [5, 5.41) is 19.5. The second-order valence-electron chi connectivity index (χ2n) is 3.48. The first-order valence-corrected chi connectivity index (χ1v) is 4.79. The molecule has 92 valence electrons. The second kappa shape index (κ2) is 4.26. The van der Waals surface area contributed by atoms with Crippen LogP contribution < -0.4 is 11.0 Å². The van der Waals surface area contributed by atoms with Gasteiger partial charge in [0.25, 0.3) is 17.2 Å². The van der Waals surface area contributed by atoms with Gasteiger partial charge in [-0.2, -0.15) is 0 Å². The molecule has 0 radical (unpaired) electrons. The van der Waals surface area contributed by atoms with E-state index in [2.05, 4.69) is 4.98 Å². The number of carbonyl (C=O) groups is 1. The molecule has 2 rings (SSSR count). The van der Waals surface area contributed by atoms with E-state index in [0.717, 1.165) is 0 Å². The van der Waals surface area contributed by atoms with E-state index in [0.29, 0.717) is 5.39 Å². The molecule has 0 unspecified atom stereocenters. The summed E-state index contributed by atoms with van der Waals surface area (Å²) in [6, 6.07) is 5.08. The molecular formula is C10H7N3O5. The van der Waals surface area contributed by atoms with E-state index in [1.54, 1.807) is 0 Å². The third-order valence-corrected chi connectivity index (χ3v) is 2.39. The zero-order valence-corrected chi connectivity index (χ0v) is 8.84. The summed E-state index contributed by atoms with van der Waals surface area (Å²) >= 11 is 0. The van der Waals surface area contributed by atoms with Gasteiger partial charge in [-0.25, -0.2) is 5.48 Å². The van der Waals surface area contributed by atoms with Crippen LogP contribution in [0.25, 0.3) is 10.9 Å². The maximum Gasteiger partial charge on any atom is 0.280 e. The highest BCUT2D eigenvalue weighted by Gasteiger charge is 2.13. The van der Waals surface area contributed by atoms with Crippen molar-refractivity contribution in [2.45, 2.75) is 0 Å². The van der Waals surface area contributed by atoms with Crippen molar-refractivity contribution >= 4 is 22.5 Å². The summed E-state index contributed by atoms with van der Waals surface area (Å²) < 4.78 is 0. The van der Waals surface area contributed by atoms with Gasteiger partial charge in [-0.15, -0.1) is 0 Å². The number of benzene rings is 1. The third kappa shape index (κ3) is 1.92. The maximum atomic E-state index is 11.5. The lowest BCUT2D eigenvalue weighted by Gasteiger charge is -2.01. The summed E-state index contributed by atoms with van der Waals surface area (Å²) in [6.45, 7) is 0. The average Bonchev–Trinajstić information content (AvgIpc) is 2.36. The fourth-order valence-electron chi connectivity index (χ4n) is 1.53. The topological polar surface area (TPSA) is 125 Å². The van der Waals surface area contributed by atoms with Crippen LogP contribution >= 0.6 is 0 Å². The summed E-state index contributed by atoms with van der Waals surface area (Å²) in [5.74, 6) is -0.948. The quantitative estimate of drug-likeness (QED) is 0.407. The minimum absolute atomic E-state index is 0.169. The number of amides is 1. The average molecular weight is 249 g/mol. The van der Waals surface area contributed by atoms with Crippen LogP contribution in [0.2, 0.25) is 0 Å². The number of fused-ring (bicyclic) bond motifs is 1. The number of nitro groups is 1. The van der Waals surface area contributed by atoms with Gasteiger partial charge in [0.05, 0.1) is 10.4 Å². The zero-order valence-electron chi connectivity index (χ0n) is 8.84. The molecule has 1 aromatic heterocycles. The van der Waals surface area contributed by atoms with E-state index in [4.69, 9.17) is 5.21 Å². The van der Waals surface area contributed by atoms with Crippen LogP contribution in [0.1, 0.15) is 10.4 Å². The van der Waals surface area contributed by atoms with Crippen LogP contribution in [0.3, 0.4) is 0 Å². The molecule has 2 aromatic rings. The van der Waals surface area contributed by atoms with Gasteiger partial charge in [0.2, 0.25) is 0 Å². The highest BCUT2D eigenvalue weighted by atomic mass is 16.6. The number of aromatic amines is 1. The van der Waals surface area contributed by atoms with Gasteiger partial charge in [-0.3, -0.25) is 24.9 Å². The Morgan fingerprint density at radius 1 is 1.39 bits per heavy atom. The predicted octanol–water partition coefficient (Wildman–Crippen LogP) is 0.555. The molecule has 0 atom stereocenters. The van der Waals surface area contributed by atoms with Crippen molar-refractivity contribution in [1.29, 1.82) is 0 Å². The molecule has 1 aromatic carbocycles. The Morgan fingerprint density at radius 2 is 2.11 bits per heavy atom. The molecule has 18 heavy (non-hydrogen) atoms. The molecule has 8 heteroatoms. The first-order valence-electron chi connectivity index (χ1n) is 4.79. The molecule has 1 amide bonds. The van der Waals surface area contributed by atoms with Crippen LogP contribution in [0.4, 0.5) is 5.69 Å². The molecule has 8 nitrogen and oxygen atoms in total. The molecule has 0 saturated carbocycles. The first-order chi connectivity index (χ1) is 8.52. The lowest BCUT2D eigenvalue weighted by molar-refractivity contribution is -0.384. The number of nitro benzene ring substituents is 1. The number of aromatic nitrogens is 1. The Morgan fingerprint density at radius 3 is 2.72 bits per heavy atom. The van der Waals surface area contributed by atoms with Gasteiger partial charge in [-0.05, 0) is 17.5 Å². The summed E-state index contributed by atoms with van der Waals surface area (Å²) in [4.78, 5) is 35.0. The van der Waals surface area contributed by atoms with Crippen molar-refractivity contribution in [3.63, 3.8) is 0 Å². The van der Waals surface area contributed by atoms with Gasteiger partial charge in [0, 0.05) is 12.1 Å². The largest absolute Gasteiger partial charge is 0.321 e. The van der Waals surface area contributed by atoms with E-state index in [1.807, 2.05) is 0 Å². The molecule has 0 aliphatic carbocycles. The lowest BCUT2D eigenvalue weighted by atomic mass is 10.1. The fourth-order valence-corrected chi connectivity index (χ4v) is 1.53. The maximum absolute atomic E-state index is 11.5. The number of carbonyl (C=O) groups excluding carboxylic acids is 1. The minimum Gasteiger partial charge on any atom is -0.321 e. The number of nitrogens with one attached hydrogen (secondary N) is 2. The fraction of sp³-hybridized carbons (Fsp3) is 0. The summed E-state index contributed by atoms with van der Waals surface area (Å²) in [5.41, 5.74) is 0.400. The third-order valence-electron chi connectivity index (χ3n) is 2.39. The Bertz CT molecular complexity index is 706. The second-order valence-corrected chi connectivity index (χ2v) is 3.48. The van der Waals surface area contributed by atoms with Crippen molar-refractivity contribution < 1.29 is 14.9 Å². The number of hydroxylamine groups is 1. The van der Waals surface area contributed by atoms with E-state index >= 15 is 0 Å². The Kier molecular flexibility index (Phi) is 2.78. The Hall–Kier alpha value is -2.74. The van der Waals surface area contributed by atoms with Gasteiger partial charge in [-0.1, -0.05) is 0 Å². The van der Waals surface area contributed by atoms with Gasteiger partial charge in [0.15, 0.2) is 0 Å². The molecule has 0 aliphatic heterocycles. The number of nitrogens with zero attached hydrogens (tertiary/aromatic N) is 1. The molecule has 0 saturated heterocycles. The van der Waals surface area contributed by atoms with E-state index in [-0.39, 0.29) is 16.8 Å². The zero-order chi connectivity index (χ0) is 13.3. The van der Waals surface area contributed by atoms with E-state index in [1.165, 1.54) is 29.7 Å². The normalized spacial score (nSPS) is 10.3. The Labute approximate surface area is 99.0 Å². The number of pyridine rings is 1. The van der Waals surface area contributed by atoms with Crippen molar-refractivity contribution in [2.75, 3.05) is 0 Å². The number of hydrogen-bond acceptors (Lipinski definition) is 5. The Balaban J connectivity index is 2.68. The SMILES string of the molecule is O=C(NO)c1cc2ccc([N+](=O)[O-])cc2[nH]c1=O. The molecule has 3 N–H and O–H groups in total. The van der Waals surface area contributed by atoms with Crippen LogP contribution in [-0.4, -0.2) is 21.0 Å². The van der Waals surface area contributed by atoms with Crippen LogP contribution in [0.5, 0.6) is 0 Å². The summed E-state index contributed by atoms with van der Waals surface area (Å²) in [6.07, 6.45) is 0. The minimum atomic E-state index is -0.948. The highest BCUT2D eigenvalue weighted by molar-refractivity contribution is 5.96. The van der Waals surface area contributed by atoms with Crippen LogP contribution in [0.15, 0.2) is 29.1 Å². The standard InChI is InChI=1S/C10H7N3O5/c14-9-7(10(15)12-16)3-5-1-2-6(13(17)18)4-8(5)11-9/h1-4,16H,(H,11,14)(H,12,15). The van der Waals surface area contributed by atoms with Crippen LogP contribution in [0, 0.1) is 10.1 Å². The lowest BCUT2D eigenvalue weighted by Crippen LogP contribution is -2.26. The predicted molar refractivity (Wildman–Crippen MR) is 60.5 cm³/mol. The smallest absolute Gasteiger partial charge is 0.280 e. The molecule has 0 fully saturated rings. The molecule has 0 aliphatic rings. The van der Waals surface area contributed by atoms with Crippen molar-refractivity contribution in [3.05, 3.63) is 50.3 Å². The van der Waals surface area contributed by atoms with Crippen molar-refractivity contribution in [1.82, 2.24) is 10.5 Å². The van der Waals surface area contributed by atoms with Crippen molar-refractivity contribution in [3.8, 4) is 0 Å². The number of H-pyrrole nitrogens is 1. The van der Waals surface area contributed by atoms with Gasteiger partial charge >= 0.3 is 0 Å². The van der Waals surface area contributed by atoms with Gasteiger partial charge < -0.3 is 4.98 Å². The van der Waals surface area contributed by atoms with Gasteiger partial charge in [0.1, 0.15) is 5.56 Å². The summed E-state index contributed by atoms with van der Waals surface area (Å²) in [7, 11) is 0. The van der Waals surface area contributed by atoms with Crippen molar-refractivity contribution in [2.24, 2.45) is 0 Å². The molecule has 0 spiro atoms. The molecular weight excluding hydrogens is 242 g/mol. The monoisotopic (exact) mass is 249 g/mol. The van der Waals surface area contributed by atoms with Crippen LogP contribution in [-0.2, 0) is 0 Å². The number of rotatable bonds is 2. The molecule has 0 bridgehead atoms. The van der Waals surface area contributed by atoms with E-state index < -0.39 is 16.4 Å².